The van der Waals surface area contributed by atoms with Crippen LogP contribution in [0.2, 0.25) is 0 Å². The molecule has 0 aromatic heterocycles. The summed E-state index contributed by atoms with van der Waals surface area (Å²) in [4.78, 5) is 48.5. The number of phosphoric acid groups is 1. The number of fused-ring (bicyclic) bond motifs is 2. The van der Waals surface area contributed by atoms with Gasteiger partial charge in [0.1, 0.15) is 18.2 Å². The quantitative estimate of drug-likeness (QED) is 0.204. The molecule has 0 aromatic rings. The number of nitrogens with zero attached hydrogens (tertiary/aromatic N) is 1. The summed E-state index contributed by atoms with van der Waals surface area (Å²) in [6, 6.07) is -0.663. The Kier molecular flexibility index (Phi) is 7.36. The number of hydrogen-bond donors (Lipinski definition) is 5. The van der Waals surface area contributed by atoms with Crippen LogP contribution in [-0.2, 0) is 37.5 Å². The second-order valence-electron chi connectivity index (χ2n) is 8.33. The molecule has 4 fully saturated rings. The first-order chi connectivity index (χ1) is 15.7. The van der Waals surface area contributed by atoms with E-state index in [4.69, 9.17) is 18.5 Å². The van der Waals surface area contributed by atoms with Gasteiger partial charge in [0.15, 0.2) is 18.6 Å². The molecule has 2 amide bonds. The molecule has 33 heavy (non-hydrogen) atoms. The van der Waals surface area contributed by atoms with Crippen LogP contribution in [0.15, 0.2) is 0 Å². The first-order valence-electron chi connectivity index (χ1n) is 11.1. The van der Waals surface area contributed by atoms with Gasteiger partial charge in [-0.25, -0.2) is 9.46 Å². The maximum absolute atomic E-state index is 12.6. The monoisotopic (exact) mass is 491 g/mol. The maximum Gasteiger partial charge on any atom is 0.472 e. The lowest BCUT2D eigenvalue weighted by atomic mass is 10.1. The third-order valence-electron chi connectivity index (χ3n) is 5.85. The molecule has 0 bridgehead atoms. The predicted molar refractivity (Wildman–Crippen MR) is 110 cm³/mol. The lowest BCUT2D eigenvalue weighted by molar-refractivity contribution is -0.165. The van der Waals surface area contributed by atoms with Crippen molar-refractivity contribution in [2.75, 3.05) is 13.3 Å². The molecule has 0 saturated carbocycles. The molecule has 4 aliphatic heterocycles. The van der Waals surface area contributed by atoms with Gasteiger partial charge in [-0.2, -0.15) is 0 Å². The minimum absolute atomic E-state index is 0.157. The second-order valence-corrected chi connectivity index (χ2v) is 9.73. The molecule has 4 heterocycles. The molecule has 8 atom stereocenters. The average molecular weight is 491 g/mol. The summed E-state index contributed by atoms with van der Waals surface area (Å²) in [6.07, 6.45) is -3.42. The Morgan fingerprint density at radius 1 is 1.30 bits per heavy atom. The predicted octanol–water partition coefficient (Wildman–Crippen LogP) is -1.58. The third kappa shape index (κ3) is 5.23. The van der Waals surface area contributed by atoms with E-state index in [2.05, 4.69) is 21.3 Å². The molecular formula is C18H30N5O9P. The van der Waals surface area contributed by atoms with Crippen molar-refractivity contribution in [2.45, 2.75) is 82.6 Å². The minimum Gasteiger partial charge on any atom is -0.455 e. The van der Waals surface area contributed by atoms with Gasteiger partial charge in [0.05, 0.1) is 19.4 Å². The second kappa shape index (κ2) is 9.92. The van der Waals surface area contributed by atoms with Crippen molar-refractivity contribution in [3.8, 4) is 0 Å². The van der Waals surface area contributed by atoms with Gasteiger partial charge in [-0.1, -0.05) is 13.8 Å². The van der Waals surface area contributed by atoms with Crippen molar-refractivity contribution >= 4 is 25.6 Å². The van der Waals surface area contributed by atoms with E-state index < -0.39 is 56.8 Å². The summed E-state index contributed by atoms with van der Waals surface area (Å²) in [7, 11) is -4.31. The van der Waals surface area contributed by atoms with E-state index in [0.29, 0.717) is 19.3 Å². The number of carbonyl (C=O) groups excluding carboxylic acids is 3. The smallest absolute Gasteiger partial charge is 0.455 e. The first kappa shape index (κ1) is 24.5. The van der Waals surface area contributed by atoms with Gasteiger partial charge in [-0.05, 0) is 12.8 Å². The summed E-state index contributed by atoms with van der Waals surface area (Å²) in [5.41, 5.74) is 0. The summed E-state index contributed by atoms with van der Waals surface area (Å²) in [6.45, 7) is 3.68. The van der Waals surface area contributed by atoms with Crippen LogP contribution in [0.4, 0.5) is 0 Å². The number of hydrogen-bond acceptors (Lipinski definition) is 11. The minimum atomic E-state index is -4.31. The topological polar surface area (TPSA) is 177 Å². The Morgan fingerprint density at radius 3 is 2.79 bits per heavy atom. The summed E-state index contributed by atoms with van der Waals surface area (Å²) in [5.74, 6) is -1.04. The molecule has 0 spiro atoms. The van der Waals surface area contributed by atoms with E-state index in [-0.39, 0.29) is 31.5 Å². The maximum atomic E-state index is 12.6. The fourth-order valence-electron chi connectivity index (χ4n) is 4.39. The van der Waals surface area contributed by atoms with Crippen LogP contribution in [0.1, 0.15) is 39.5 Å². The van der Waals surface area contributed by atoms with Gasteiger partial charge in [-0.3, -0.25) is 34.1 Å². The van der Waals surface area contributed by atoms with Crippen LogP contribution < -0.4 is 21.3 Å². The van der Waals surface area contributed by atoms with E-state index in [9.17, 15) is 23.8 Å². The van der Waals surface area contributed by atoms with Crippen molar-refractivity contribution in [2.24, 2.45) is 0 Å². The van der Waals surface area contributed by atoms with E-state index >= 15 is 0 Å². The van der Waals surface area contributed by atoms with Gasteiger partial charge in [0.25, 0.3) is 0 Å². The van der Waals surface area contributed by atoms with Crippen molar-refractivity contribution < 1.29 is 42.4 Å². The molecule has 4 saturated heterocycles. The zero-order valence-corrected chi connectivity index (χ0v) is 19.3. The molecule has 4 rings (SSSR count). The highest BCUT2D eigenvalue weighted by Crippen LogP contribution is 2.52. The van der Waals surface area contributed by atoms with Gasteiger partial charge < -0.3 is 25.0 Å². The summed E-state index contributed by atoms with van der Waals surface area (Å²) in [5, 5.41) is 11.6. The SMILES string of the molecule is CCCC(=O)NC1NC(=O)C2NCN(C3OC4COP(=O)(O)OC4C3OC(=O)CCC)C2N1. The number of ether oxygens (including phenoxy) is 2. The Hall–Kier alpha value is -1.64. The number of rotatable bonds is 7. The Balaban J connectivity index is 1.53. The molecule has 8 unspecified atom stereocenters. The summed E-state index contributed by atoms with van der Waals surface area (Å²) < 4.78 is 33.8. The zero-order chi connectivity index (χ0) is 23.8. The van der Waals surface area contributed by atoms with Gasteiger partial charge in [-0.15, -0.1) is 0 Å². The lowest BCUT2D eigenvalue weighted by Gasteiger charge is -2.39. The van der Waals surface area contributed by atoms with Gasteiger partial charge in [0, 0.05) is 12.8 Å². The highest BCUT2D eigenvalue weighted by Gasteiger charge is 2.59. The molecule has 0 aliphatic carbocycles. The molecule has 186 valence electrons. The van der Waals surface area contributed by atoms with E-state index in [0.717, 1.165) is 0 Å². The van der Waals surface area contributed by atoms with Crippen molar-refractivity contribution in [3.63, 3.8) is 0 Å². The normalized spacial score (nSPS) is 40.6. The van der Waals surface area contributed by atoms with Crippen LogP contribution in [0.5, 0.6) is 0 Å². The zero-order valence-electron chi connectivity index (χ0n) is 18.4. The molecule has 0 aromatic carbocycles. The molecule has 14 nitrogen and oxygen atoms in total. The van der Waals surface area contributed by atoms with Crippen LogP contribution in [-0.4, -0.2) is 83.9 Å². The number of carbonyl (C=O) groups is 3. The highest BCUT2D eigenvalue weighted by molar-refractivity contribution is 7.47. The molecule has 15 heteroatoms. The Bertz CT molecular complexity index is 831. The van der Waals surface area contributed by atoms with Crippen molar-refractivity contribution in [3.05, 3.63) is 0 Å². The third-order valence-corrected chi connectivity index (χ3v) is 6.83. The van der Waals surface area contributed by atoms with Gasteiger partial charge in [0.2, 0.25) is 11.8 Å². The largest absolute Gasteiger partial charge is 0.472 e. The van der Waals surface area contributed by atoms with Crippen LogP contribution >= 0.6 is 7.82 Å². The van der Waals surface area contributed by atoms with Gasteiger partial charge >= 0.3 is 13.8 Å². The van der Waals surface area contributed by atoms with Crippen LogP contribution in [0.25, 0.3) is 0 Å². The summed E-state index contributed by atoms with van der Waals surface area (Å²) >= 11 is 0. The van der Waals surface area contributed by atoms with E-state index in [1.54, 1.807) is 4.90 Å². The Labute approximate surface area is 190 Å². The van der Waals surface area contributed by atoms with Crippen LogP contribution in [0.3, 0.4) is 0 Å². The van der Waals surface area contributed by atoms with E-state index in [1.165, 1.54) is 0 Å². The molecule has 5 N–H and O–H groups in total. The lowest BCUT2D eigenvalue weighted by Crippen LogP contribution is -2.72. The van der Waals surface area contributed by atoms with Crippen molar-refractivity contribution in [1.29, 1.82) is 0 Å². The molecule has 4 aliphatic rings. The molecule has 0 radical (unpaired) electrons. The number of esters is 1. The average Bonchev–Trinajstić information content (AvgIpc) is 3.29. The number of phosphoric ester groups is 1. The standard InChI is InChI=1S/C18H30N5O9P/c1-3-5-10(24)20-18-21-15-12(16(26)22-18)19-8-23(15)17-14(31-11(25)6-4-2)13-9(30-17)7-29-33(27,28)32-13/h9,12-15,17-19,21H,3-8H2,1-2H3,(H,20,24)(H,22,26)(H,27,28). The van der Waals surface area contributed by atoms with E-state index in [1.807, 2.05) is 13.8 Å². The van der Waals surface area contributed by atoms with Crippen LogP contribution in [0, 0.1) is 0 Å². The highest BCUT2D eigenvalue weighted by atomic mass is 31.2. The molecular weight excluding hydrogens is 461 g/mol. The van der Waals surface area contributed by atoms with Crippen molar-refractivity contribution in [1.82, 2.24) is 26.2 Å². The fraction of sp³-hybridized carbons (Fsp3) is 0.833. The number of amides is 2. The Morgan fingerprint density at radius 2 is 2.06 bits per heavy atom. The fourth-order valence-corrected chi connectivity index (χ4v) is 5.35. The number of nitrogens with one attached hydrogen (secondary N) is 4. The first-order valence-corrected chi connectivity index (χ1v) is 12.6.